The first-order valence-electron chi connectivity index (χ1n) is 8.50. The average molecular weight is 326 g/mol. The summed E-state index contributed by atoms with van der Waals surface area (Å²) in [6.45, 7) is 2.61. The standard InChI is InChI=1S/C19H22N2O3/c1-20-8-2-5-16(20)17(22)13-21-9-3-4-15(21)14-6-7-18-19(12-14)24-11-10-23-18/h2,5-8,12,15H,3-4,9-11,13H2,1H3/t15-/m1/s1. The van der Waals surface area contributed by atoms with Gasteiger partial charge in [-0.3, -0.25) is 9.69 Å². The Labute approximate surface area is 141 Å². The van der Waals surface area contributed by atoms with E-state index in [0.29, 0.717) is 19.8 Å². The van der Waals surface area contributed by atoms with Gasteiger partial charge in [-0.2, -0.15) is 0 Å². The van der Waals surface area contributed by atoms with Crippen molar-refractivity contribution in [3.8, 4) is 11.5 Å². The van der Waals surface area contributed by atoms with E-state index >= 15 is 0 Å². The SMILES string of the molecule is Cn1cccc1C(=O)CN1CCC[C@@H]1c1ccc2c(c1)OCCO2. The van der Waals surface area contributed by atoms with Gasteiger partial charge in [-0.1, -0.05) is 6.07 Å². The van der Waals surface area contributed by atoms with Gasteiger partial charge in [0, 0.05) is 19.3 Å². The molecule has 0 radical (unpaired) electrons. The minimum Gasteiger partial charge on any atom is -0.486 e. The van der Waals surface area contributed by atoms with Crippen molar-refractivity contribution in [3.05, 3.63) is 47.8 Å². The molecule has 5 heteroatoms. The molecule has 126 valence electrons. The number of carbonyl (C=O) groups excluding carboxylic acids is 1. The van der Waals surface area contributed by atoms with Crippen LogP contribution in [0.5, 0.6) is 11.5 Å². The van der Waals surface area contributed by atoms with Gasteiger partial charge < -0.3 is 14.0 Å². The predicted molar refractivity (Wildman–Crippen MR) is 90.7 cm³/mol. The molecule has 0 bridgehead atoms. The molecule has 2 aliphatic rings. The second-order valence-corrected chi connectivity index (χ2v) is 6.46. The summed E-state index contributed by atoms with van der Waals surface area (Å²) in [4.78, 5) is 14.9. The number of hydrogen-bond acceptors (Lipinski definition) is 4. The summed E-state index contributed by atoms with van der Waals surface area (Å²) < 4.78 is 13.2. The minimum atomic E-state index is 0.173. The van der Waals surface area contributed by atoms with E-state index in [9.17, 15) is 4.79 Å². The molecule has 5 nitrogen and oxygen atoms in total. The highest BCUT2D eigenvalue weighted by molar-refractivity contribution is 5.96. The van der Waals surface area contributed by atoms with Gasteiger partial charge in [0.25, 0.3) is 0 Å². The van der Waals surface area contributed by atoms with E-state index in [0.717, 1.165) is 36.6 Å². The predicted octanol–water partition coefficient (Wildman–Crippen LogP) is 2.82. The number of nitrogens with zero attached hydrogens (tertiary/aromatic N) is 2. The molecule has 4 rings (SSSR count). The fourth-order valence-electron chi connectivity index (χ4n) is 3.68. The van der Waals surface area contributed by atoms with Crippen molar-refractivity contribution in [2.24, 2.45) is 7.05 Å². The highest BCUT2D eigenvalue weighted by Crippen LogP contribution is 2.38. The zero-order chi connectivity index (χ0) is 16.5. The smallest absolute Gasteiger partial charge is 0.193 e. The maximum atomic E-state index is 12.6. The van der Waals surface area contributed by atoms with Crippen molar-refractivity contribution in [2.75, 3.05) is 26.3 Å². The molecule has 0 saturated carbocycles. The fraction of sp³-hybridized carbons (Fsp3) is 0.421. The Morgan fingerprint density at radius 2 is 2.04 bits per heavy atom. The first kappa shape index (κ1) is 15.3. The first-order chi connectivity index (χ1) is 11.7. The van der Waals surface area contributed by atoms with E-state index in [-0.39, 0.29) is 11.8 Å². The lowest BCUT2D eigenvalue weighted by molar-refractivity contribution is 0.0913. The Kier molecular flexibility index (Phi) is 4.02. The van der Waals surface area contributed by atoms with Crippen LogP contribution in [0.3, 0.4) is 0 Å². The maximum Gasteiger partial charge on any atom is 0.193 e. The molecule has 0 aliphatic carbocycles. The van der Waals surface area contributed by atoms with Crippen LogP contribution in [0.25, 0.3) is 0 Å². The van der Waals surface area contributed by atoms with Crippen LogP contribution in [0, 0.1) is 0 Å². The number of ketones is 1. The summed E-state index contributed by atoms with van der Waals surface area (Å²) >= 11 is 0. The van der Waals surface area contributed by atoms with Gasteiger partial charge in [-0.25, -0.2) is 0 Å². The van der Waals surface area contributed by atoms with Crippen LogP contribution in [0.2, 0.25) is 0 Å². The maximum absolute atomic E-state index is 12.6. The van der Waals surface area contributed by atoms with E-state index in [4.69, 9.17) is 9.47 Å². The van der Waals surface area contributed by atoms with Crippen LogP contribution in [0.4, 0.5) is 0 Å². The van der Waals surface area contributed by atoms with Crippen LogP contribution >= 0.6 is 0 Å². The monoisotopic (exact) mass is 326 g/mol. The number of hydrogen-bond donors (Lipinski definition) is 0. The average Bonchev–Trinajstić information content (AvgIpc) is 3.23. The van der Waals surface area contributed by atoms with E-state index < -0.39 is 0 Å². The largest absolute Gasteiger partial charge is 0.486 e. The van der Waals surface area contributed by atoms with Crippen molar-refractivity contribution in [1.29, 1.82) is 0 Å². The molecule has 0 spiro atoms. The second-order valence-electron chi connectivity index (χ2n) is 6.46. The molecule has 1 aromatic heterocycles. The number of rotatable bonds is 4. The fourth-order valence-corrected chi connectivity index (χ4v) is 3.68. The molecule has 0 N–H and O–H groups in total. The van der Waals surface area contributed by atoms with Gasteiger partial charge in [0.15, 0.2) is 17.3 Å². The zero-order valence-electron chi connectivity index (χ0n) is 13.9. The number of aryl methyl sites for hydroxylation is 1. The van der Waals surface area contributed by atoms with Crippen molar-refractivity contribution in [3.63, 3.8) is 0 Å². The van der Waals surface area contributed by atoms with E-state index in [1.54, 1.807) is 0 Å². The first-order valence-corrected chi connectivity index (χ1v) is 8.50. The Bertz CT molecular complexity index is 753. The number of carbonyl (C=O) groups is 1. The quantitative estimate of drug-likeness (QED) is 0.811. The summed E-state index contributed by atoms with van der Waals surface area (Å²) in [7, 11) is 1.91. The zero-order valence-corrected chi connectivity index (χ0v) is 13.9. The van der Waals surface area contributed by atoms with Crippen molar-refractivity contribution < 1.29 is 14.3 Å². The number of Topliss-reactive ketones (excluding diaryl/α,β-unsaturated/α-hetero) is 1. The molecule has 2 aromatic rings. The summed E-state index contributed by atoms with van der Waals surface area (Å²) in [6.07, 6.45) is 4.09. The van der Waals surface area contributed by atoms with Gasteiger partial charge in [0.05, 0.1) is 12.2 Å². The number of fused-ring (bicyclic) bond motifs is 1. The third-order valence-corrected chi connectivity index (χ3v) is 4.89. The minimum absolute atomic E-state index is 0.173. The highest BCUT2D eigenvalue weighted by Gasteiger charge is 2.29. The van der Waals surface area contributed by atoms with E-state index in [1.807, 2.05) is 36.0 Å². The van der Waals surface area contributed by atoms with Crippen LogP contribution in [0.1, 0.15) is 34.9 Å². The number of benzene rings is 1. The molecule has 3 heterocycles. The Balaban J connectivity index is 1.52. The number of likely N-dealkylation sites (tertiary alicyclic amines) is 1. The van der Waals surface area contributed by atoms with Crippen molar-refractivity contribution >= 4 is 5.78 Å². The molecule has 1 aromatic carbocycles. The van der Waals surface area contributed by atoms with Crippen LogP contribution in [-0.4, -0.2) is 41.6 Å². The Hall–Kier alpha value is -2.27. The molecule has 0 amide bonds. The van der Waals surface area contributed by atoms with Crippen LogP contribution in [-0.2, 0) is 7.05 Å². The van der Waals surface area contributed by atoms with Crippen LogP contribution < -0.4 is 9.47 Å². The van der Waals surface area contributed by atoms with Gasteiger partial charge in [0.1, 0.15) is 13.2 Å². The number of ether oxygens (including phenoxy) is 2. The van der Waals surface area contributed by atoms with Gasteiger partial charge in [-0.05, 0) is 49.2 Å². The van der Waals surface area contributed by atoms with E-state index in [2.05, 4.69) is 17.0 Å². The third kappa shape index (κ3) is 2.80. The highest BCUT2D eigenvalue weighted by atomic mass is 16.6. The summed E-state index contributed by atoms with van der Waals surface area (Å²) in [5.41, 5.74) is 1.97. The topological polar surface area (TPSA) is 43.7 Å². The second kappa shape index (κ2) is 6.32. The molecule has 0 unspecified atom stereocenters. The molecular formula is C19H22N2O3. The van der Waals surface area contributed by atoms with E-state index in [1.165, 1.54) is 5.56 Å². The third-order valence-electron chi connectivity index (χ3n) is 4.89. The molecule has 24 heavy (non-hydrogen) atoms. The van der Waals surface area contributed by atoms with Crippen LogP contribution in [0.15, 0.2) is 36.5 Å². The summed E-state index contributed by atoms with van der Waals surface area (Å²) in [5.74, 6) is 1.81. The summed E-state index contributed by atoms with van der Waals surface area (Å²) in [6, 6.07) is 10.2. The Morgan fingerprint density at radius 1 is 1.21 bits per heavy atom. The lowest BCUT2D eigenvalue weighted by Crippen LogP contribution is -2.30. The Morgan fingerprint density at radius 3 is 2.83 bits per heavy atom. The molecule has 1 fully saturated rings. The molecule has 1 saturated heterocycles. The normalized spacial score (nSPS) is 20.3. The summed E-state index contributed by atoms with van der Waals surface area (Å²) in [5, 5.41) is 0. The molecule has 1 atom stereocenters. The molecular weight excluding hydrogens is 304 g/mol. The molecule has 2 aliphatic heterocycles. The van der Waals surface area contributed by atoms with Gasteiger partial charge >= 0.3 is 0 Å². The van der Waals surface area contributed by atoms with Crippen molar-refractivity contribution in [1.82, 2.24) is 9.47 Å². The van der Waals surface area contributed by atoms with Gasteiger partial charge in [-0.15, -0.1) is 0 Å². The number of aromatic nitrogens is 1. The van der Waals surface area contributed by atoms with Gasteiger partial charge in [0.2, 0.25) is 0 Å². The lowest BCUT2D eigenvalue weighted by atomic mass is 10.0. The van der Waals surface area contributed by atoms with Crippen molar-refractivity contribution in [2.45, 2.75) is 18.9 Å². The lowest BCUT2D eigenvalue weighted by Gasteiger charge is -2.26.